The highest BCUT2D eigenvalue weighted by Gasteiger charge is 2.21. The van der Waals surface area contributed by atoms with Gasteiger partial charge in [0.25, 0.3) is 0 Å². The van der Waals surface area contributed by atoms with E-state index < -0.39 is 36.1 Å². The molecule has 0 aromatic carbocycles. The van der Waals surface area contributed by atoms with Gasteiger partial charge in [-0.15, -0.1) is 0 Å². The number of aliphatic carboxylic acids is 2. The largest absolute Gasteiger partial charge is 0.481 e. The van der Waals surface area contributed by atoms with Crippen LogP contribution in [0.15, 0.2) is 24.8 Å². The molecule has 0 aromatic heterocycles. The molecule has 8 heteroatoms. The highest BCUT2D eigenvalue weighted by Crippen LogP contribution is 2.03. The van der Waals surface area contributed by atoms with Crippen LogP contribution in [0.2, 0.25) is 0 Å². The lowest BCUT2D eigenvalue weighted by atomic mass is 10.0. The van der Waals surface area contributed by atoms with E-state index in [1.807, 2.05) is 0 Å². The summed E-state index contributed by atoms with van der Waals surface area (Å²) in [6.07, 6.45) is 3.74. The molecular weight excluding hydrogens is 292 g/mol. The van der Waals surface area contributed by atoms with Crippen molar-refractivity contribution in [2.24, 2.45) is 5.92 Å². The van der Waals surface area contributed by atoms with E-state index in [-0.39, 0.29) is 25.9 Å². The van der Waals surface area contributed by atoms with Crippen molar-refractivity contribution >= 4 is 23.8 Å². The minimum atomic E-state index is -1.17. The molecule has 0 heterocycles. The molecule has 0 fully saturated rings. The number of carboxylic acid groups (broad SMARTS) is 2. The lowest BCUT2D eigenvalue weighted by Gasteiger charge is -2.15. The van der Waals surface area contributed by atoms with Gasteiger partial charge in [0.15, 0.2) is 0 Å². The summed E-state index contributed by atoms with van der Waals surface area (Å²) < 4.78 is 0. The first-order valence-corrected chi connectivity index (χ1v) is 6.65. The molecule has 1 atom stereocenters. The number of carbonyl (C=O) groups is 4. The second-order valence-electron chi connectivity index (χ2n) is 4.42. The highest BCUT2D eigenvalue weighted by molar-refractivity contribution is 5.89. The third-order valence-corrected chi connectivity index (χ3v) is 2.56. The number of amides is 2. The minimum Gasteiger partial charge on any atom is -0.481 e. The Labute approximate surface area is 127 Å². The Morgan fingerprint density at radius 3 is 2.32 bits per heavy atom. The van der Waals surface area contributed by atoms with Crippen molar-refractivity contribution in [1.29, 1.82) is 0 Å². The third-order valence-electron chi connectivity index (χ3n) is 2.56. The van der Waals surface area contributed by atoms with Gasteiger partial charge in [0, 0.05) is 25.6 Å². The van der Waals surface area contributed by atoms with Crippen molar-refractivity contribution < 1.29 is 29.4 Å². The van der Waals surface area contributed by atoms with Gasteiger partial charge in [-0.1, -0.05) is 18.7 Å². The van der Waals surface area contributed by atoms with Gasteiger partial charge in [-0.05, 0) is 6.42 Å². The average molecular weight is 312 g/mol. The zero-order valence-corrected chi connectivity index (χ0v) is 12.1. The number of carbonyl (C=O) groups excluding carboxylic acids is 2. The molecule has 0 aliphatic rings. The first kappa shape index (κ1) is 19.4. The Bertz CT molecular complexity index is 458. The maximum absolute atomic E-state index is 11.8. The van der Waals surface area contributed by atoms with E-state index >= 15 is 0 Å². The molecule has 8 nitrogen and oxygen atoms in total. The summed E-state index contributed by atoms with van der Waals surface area (Å²) in [6.45, 7) is 3.40. The topological polar surface area (TPSA) is 133 Å². The first-order valence-electron chi connectivity index (χ1n) is 6.65. The zero-order chi connectivity index (χ0) is 17.0. The summed E-state index contributed by atoms with van der Waals surface area (Å²) in [4.78, 5) is 44.3. The molecule has 0 aliphatic heterocycles. The molecule has 0 saturated heterocycles. The molecule has 2 amide bonds. The summed E-state index contributed by atoms with van der Waals surface area (Å²) in [5.74, 6) is -4.07. The summed E-state index contributed by atoms with van der Waals surface area (Å²) in [6, 6.07) is 0. The molecule has 0 saturated carbocycles. The minimum absolute atomic E-state index is 0.0903. The maximum Gasteiger partial charge on any atom is 0.304 e. The molecule has 0 bridgehead atoms. The monoisotopic (exact) mass is 312 g/mol. The first-order chi connectivity index (χ1) is 10.4. The smallest absolute Gasteiger partial charge is 0.304 e. The van der Waals surface area contributed by atoms with Crippen molar-refractivity contribution in [3.63, 3.8) is 0 Å². The summed E-state index contributed by atoms with van der Waals surface area (Å²) in [5.41, 5.74) is 0. The SMILES string of the molecule is C=CC=CC(=O)NCC(CC(=O)O)C(=O)NCCCC(=O)O. The highest BCUT2D eigenvalue weighted by atomic mass is 16.4. The number of hydrogen-bond acceptors (Lipinski definition) is 4. The molecular formula is C14H20N2O6. The molecule has 4 N–H and O–H groups in total. The van der Waals surface area contributed by atoms with Crippen molar-refractivity contribution in [3.05, 3.63) is 24.8 Å². The molecule has 0 radical (unpaired) electrons. The number of rotatable bonds is 11. The Balaban J connectivity index is 4.36. The Kier molecular flexibility index (Phi) is 9.74. The second kappa shape index (κ2) is 11.1. The molecule has 0 aliphatic carbocycles. The van der Waals surface area contributed by atoms with Crippen LogP contribution in [0.3, 0.4) is 0 Å². The van der Waals surface area contributed by atoms with E-state index in [0.29, 0.717) is 0 Å². The van der Waals surface area contributed by atoms with Crippen LogP contribution in [-0.4, -0.2) is 47.1 Å². The fourth-order valence-corrected chi connectivity index (χ4v) is 1.50. The van der Waals surface area contributed by atoms with E-state index in [0.717, 1.165) is 0 Å². The van der Waals surface area contributed by atoms with Gasteiger partial charge in [0.1, 0.15) is 0 Å². The summed E-state index contributed by atoms with van der Waals surface area (Å²) >= 11 is 0. The van der Waals surface area contributed by atoms with E-state index in [1.54, 1.807) is 0 Å². The van der Waals surface area contributed by atoms with E-state index in [9.17, 15) is 19.2 Å². The zero-order valence-electron chi connectivity index (χ0n) is 12.1. The van der Waals surface area contributed by atoms with Crippen LogP contribution in [0.5, 0.6) is 0 Å². The van der Waals surface area contributed by atoms with Gasteiger partial charge >= 0.3 is 11.9 Å². The quantitative estimate of drug-likeness (QED) is 0.239. The van der Waals surface area contributed by atoms with Crippen molar-refractivity contribution in [1.82, 2.24) is 10.6 Å². The summed E-state index contributed by atoms with van der Waals surface area (Å²) in [5, 5.41) is 22.1. The van der Waals surface area contributed by atoms with E-state index in [1.165, 1.54) is 18.2 Å². The van der Waals surface area contributed by atoms with Crippen LogP contribution < -0.4 is 10.6 Å². The van der Waals surface area contributed by atoms with Crippen LogP contribution >= 0.6 is 0 Å². The molecule has 1 unspecified atom stereocenters. The van der Waals surface area contributed by atoms with Crippen LogP contribution in [0, 0.1) is 5.92 Å². The lowest BCUT2D eigenvalue weighted by Crippen LogP contribution is -2.40. The van der Waals surface area contributed by atoms with Gasteiger partial charge < -0.3 is 20.8 Å². The normalized spacial score (nSPS) is 11.6. The van der Waals surface area contributed by atoms with E-state index in [2.05, 4.69) is 17.2 Å². The maximum atomic E-state index is 11.8. The second-order valence-corrected chi connectivity index (χ2v) is 4.42. The van der Waals surface area contributed by atoms with Crippen molar-refractivity contribution in [2.75, 3.05) is 13.1 Å². The Morgan fingerprint density at radius 2 is 1.77 bits per heavy atom. The van der Waals surface area contributed by atoms with Gasteiger partial charge in [-0.3, -0.25) is 19.2 Å². The summed E-state index contributed by atoms with van der Waals surface area (Å²) in [7, 11) is 0. The molecule has 0 aromatic rings. The number of carboxylic acids is 2. The molecule has 0 rings (SSSR count). The van der Waals surface area contributed by atoms with Crippen LogP contribution in [0.25, 0.3) is 0 Å². The van der Waals surface area contributed by atoms with Crippen LogP contribution in [0.4, 0.5) is 0 Å². The fourth-order valence-electron chi connectivity index (χ4n) is 1.50. The number of nitrogens with one attached hydrogen (secondary N) is 2. The van der Waals surface area contributed by atoms with Crippen molar-refractivity contribution in [2.45, 2.75) is 19.3 Å². The molecule has 0 spiro atoms. The van der Waals surface area contributed by atoms with Crippen LogP contribution in [0.1, 0.15) is 19.3 Å². The number of allylic oxidation sites excluding steroid dienone is 2. The predicted molar refractivity (Wildman–Crippen MR) is 78.0 cm³/mol. The molecule has 122 valence electrons. The van der Waals surface area contributed by atoms with E-state index in [4.69, 9.17) is 10.2 Å². The lowest BCUT2D eigenvalue weighted by molar-refractivity contribution is -0.141. The fraction of sp³-hybridized carbons (Fsp3) is 0.429. The standard InChI is InChI=1S/C14H20N2O6/c1-2-3-5-11(17)16-9-10(8-13(20)21)14(22)15-7-4-6-12(18)19/h2-3,5,10H,1,4,6-9H2,(H,15,22)(H,16,17)(H,18,19)(H,20,21). The van der Waals surface area contributed by atoms with Gasteiger partial charge in [0.05, 0.1) is 12.3 Å². The van der Waals surface area contributed by atoms with Gasteiger partial charge in [-0.25, -0.2) is 0 Å². The molecule has 22 heavy (non-hydrogen) atoms. The average Bonchev–Trinajstić information content (AvgIpc) is 2.44. The number of hydrogen-bond donors (Lipinski definition) is 4. The van der Waals surface area contributed by atoms with Crippen molar-refractivity contribution in [3.8, 4) is 0 Å². The van der Waals surface area contributed by atoms with Gasteiger partial charge in [0.2, 0.25) is 11.8 Å². The Morgan fingerprint density at radius 1 is 1.09 bits per heavy atom. The van der Waals surface area contributed by atoms with Crippen LogP contribution in [-0.2, 0) is 19.2 Å². The third kappa shape index (κ3) is 10.2. The predicted octanol–water partition coefficient (Wildman–Crippen LogP) is -0.0833. The Hall–Kier alpha value is -2.64. The van der Waals surface area contributed by atoms with Gasteiger partial charge in [-0.2, -0.15) is 0 Å².